The Balaban J connectivity index is 1.96. The van der Waals surface area contributed by atoms with Gasteiger partial charge in [-0.05, 0) is 24.1 Å². The highest BCUT2D eigenvalue weighted by atomic mass is 32.2. The van der Waals surface area contributed by atoms with Gasteiger partial charge in [-0.25, -0.2) is 4.98 Å². The van der Waals surface area contributed by atoms with Crippen LogP contribution in [0.5, 0.6) is 0 Å². The van der Waals surface area contributed by atoms with E-state index in [1.54, 1.807) is 11.8 Å². The molecule has 0 aliphatic rings. The SMILES string of the molecule is C[C@@H](N)c1ccc(SCc2ccccc2)nc1. The molecule has 3 heteroatoms. The van der Waals surface area contributed by atoms with Gasteiger partial charge in [0.25, 0.3) is 0 Å². The monoisotopic (exact) mass is 244 g/mol. The minimum Gasteiger partial charge on any atom is -0.324 e. The van der Waals surface area contributed by atoms with E-state index in [0.29, 0.717) is 0 Å². The average Bonchev–Trinajstić information content (AvgIpc) is 2.38. The van der Waals surface area contributed by atoms with Crippen molar-refractivity contribution in [2.75, 3.05) is 0 Å². The maximum Gasteiger partial charge on any atom is 0.0963 e. The van der Waals surface area contributed by atoms with Crippen molar-refractivity contribution in [1.29, 1.82) is 0 Å². The van der Waals surface area contributed by atoms with E-state index in [-0.39, 0.29) is 6.04 Å². The van der Waals surface area contributed by atoms with E-state index in [4.69, 9.17) is 5.73 Å². The molecule has 1 aromatic carbocycles. The number of nitrogens with zero attached hydrogens (tertiary/aromatic N) is 1. The Bertz CT molecular complexity index is 451. The molecule has 0 saturated carbocycles. The first-order valence-corrected chi connectivity index (χ1v) is 6.62. The fourth-order valence-electron chi connectivity index (χ4n) is 1.48. The molecule has 0 spiro atoms. The van der Waals surface area contributed by atoms with Crippen molar-refractivity contribution in [3.63, 3.8) is 0 Å². The second kappa shape index (κ2) is 5.84. The maximum absolute atomic E-state index is 5.78. The molecule has 0 aliphatic carbocycles. The molecule has 1 aromatic heterocycles. The van der Waals surface area contributed by atoms with E-state index in [0.717, 1.165) is 16.3 Å². The molecule has 0 unspecified atom stereocenters. The van der Waals surface area contributed by atoms with Gasteiger partial charge in [-0.15, -0.1) is 11.8 Å². The maximum atomic E-state index is 5.78. The number of pyridine rings is 1. The second-order valence-electron chi connectivity index (χ2n) is 3.99. The molecule has 0 fully saturated rings. The highest BCUT2D eigenvalue weighted by Gasteiger charge is 2.01. The van der Waals surface area contributed by atoms with Gasteiger partial charge < -0.3 is 5.73 Å². The van der Waals surface area contributed by atoms with Crippen molar-refractivity contribution in [3.05, 3.63) is 59.8 Å². The topological polar surface area (TPSA) is 38.9 Å². The molecule has 2 rings (SSSR count). The quantitative estimate of drug-likeness (QED) is 0.838. The van der Waals surface area contributed by atoms with Gasteiger partial charge in [-0.1, -0.05) is 36.4 Å². The third-order valence-corrected chi connectivity index (χ3v) is 3.53. The largest absolute Gasteiger partial charge is 0.324 e. The second-order valence-corrected chi connectivity index (χ2v) is 4.99. The Kier molecular flexibility index (Phi) is 4.18. The Morgan fingerprint density at radius 1 is 1.18 bits per heavy atom. The van der Waals surface area contributed by atoms with E-state index in [2.05, 4.69) is 29.2 Å². The van der Waals surface area contributed by atoms with Crippen LogP contribution >= 0.6 is 11.8 Å². The van der Waals surface area contributed by atoms with E-state index >= 15 is 0 Å². The molecule has 0 amide bonds. The first kappa shape index (κ1) is 12.1. The van der Waals surface area contributed by atoms with Gasteiger partial charge in [0.2, 0.25) is 0 Å². The molecular weight excluding hydrogens is 228 g/mol. The number of aromatic nitrogens is 1. The summed E-state index contributed by atoms with van der Waals surface area (Å²) in [5.74, 6) is 0.950. The van der Waals surface area contributed by atoms with Gasteiger partial charge in [0.05, 0.1) is 5.03 Å². The highest BCUT2D eigenvalue weighted by Crippen LogP contribution is 2.21. The Morgan fingerprint density at radius 3 is 2.53 bits per heavy atom. The zero-order valence-corrected chi connectivity index (χ0v) is 10.7. The molecule has 1 atom stereocenters. The normalized spacial score (nSPS) is 12.4. The smallest absolute Gasteiger partial charge is 0.0963 e. The Hall–Kier alpha value is -1.32. The van der Waals surface area contributed by atoms with Crippen LogP contribution in [0.15, 0.2) is 53.7 Å². The standard InChI is InChI=1S/C14H16N2S/c1-11(15)13-7-8-14(16-9-13)17-10-12-5-3-2-4-6-12/h2-9,11H,10,15H2,1H3/t11-/m1/s1. The zero-order valence-electron chi connectivity index (χ0n) is 9.84. The molecule has 0 bridgehead atoms. The van der Waals surface area contributed by atoms with Crippen molar-refractivity contribution < 1.29 is 0 Å². The summed E-state index contributed by atoms with van der Waals surface area (Å²) in [6.45, 7) is 1.97. The summed E-state index contributed by atoms with van der Waals surface area (Å²) < 4.78 is 0. The molecule has 2 nitrogen and oxygen atoms in total. The first-order chi connectivity index (χ1) is 8.25. The van der Waals surface area contributed by atoms with Gasteiger partial charge in [-0.2, -0.15) is 0 Å². The summed E-state index contributed by atoms with van der Waals surface area (Å²) >= 11 is 1.74. The van der Waals surface area contributed by atoms with Crippen LogP contribution in [0.1, 0.15) is 24.1 Å². The predicted octanol–water partition coefficient (Wildman–Crippen LogP) is 3.39. The predicted molar refractivity (Wildman–Crippen MR) is 72.8 cm³/mol. The average molecular weight is 244 g/mol. The van der Waals surface area contributed by atoms with Crippen LogP contribution in [-0.2, 0) is 5.75 Å². The van der Waals surface area contributed by atoms with E-state index in [1.807, 2.05) is 31.3 Å². The number of thioether (sulfide) groups is 1. The lowest BCUT2D eigenvalue weighted by Crippen LogP contribution is -2.04. The molecule has 17 heavy (non-hydrogen) atoms. The summed E-state index contributed by atoms with van der Waals surface area (Å²) in [6.07, 6.45) is 1.86. The Morgan fingerprint density at radius 2 is 1.94 bits per heavy atom. The number of rotatable bonds is 4. The van der Waals surface area contributed by atoms with Crippen molar-refractivity contribution in [3.8, 4) is 0 Å². The molecule has 2 aromatic rings. The van der Waals surface area contributed by atoms with Crippen molar-refractivity contribution >= 4 is 11.8 Å². The van der Waals surface area contributed by atoms with E-state index in [1.165, 1.54) is 5.56 Å². The molecule has 0 radical (unpaired) electrons. The lowest BCUT2D eigenvalue weighted by atomic mass is 10.2. The molecule has 0 saturated heterocycles. The van der Waals surface area contributed by atoms with Crippen LogP contribution in [0.3, 0.4) is 0 Å². The molecular formula is C14H16N2S. The first-order valence-electron chi connectivity index (χ1n) is 5.64. The van der Waals surface area contributed by atoms with Crippen molar-refractivity contribution in [2.45, 2.75) is 23.7 Å². The minimum absolute atomic E-state index is 0.0515. The van der Waals surface area contributed by atoms with Crippen LogP contribution in [0, 0.1) is 0 Å². The third-order valence-electron chi connectivity index (χ3n) is 2.51. The molecule has 88 valence electrons. The fourth-order valence-corrected chi connectivity index (χ4v) is 2.28. The van der Waals surface area contributed by atoms with Gasteiger partial charge in [0, 0.05) is 18.0 Å². The highest BCUT2D eigenvalue weighted by molar-refractivity contribution is 7.98. The summed E-state index contributed by atoms with van der Waals surface area (Å²) in [5, 5.41) is 1.04. The fraction of sp³-hybridized carbons (Fsp3) is 0.214. The number of hydrogen-bond donors (Lipinski definition) is 1. The lowest BCUT2D eigenvalue weighted by Gasteiger charge is -2.06. The number of hydrogen-bond acceptors (Lipinski definition) is 3. The van der Waals surface area contributed by atoms with Crippen LogP contribution in [0.25, 0.3) is 0 Å². The summed E-state index contributed by atoms with van der Waals surface area (Å²) in [4.78, 5) is 4.40. The Labute approximate surface area is 106 Å². The summed E-state index contributed by atoms with van der Waals surface area (Å²) in [7, 11) is 0. The molecule has 1 heterocycles. The minimum atomic E-state index is 0.0515. The zero-order chi connectivity index (χ0) is 12.1. The summed E-state index contributed by atoms with van der Waals surface area (Å²) in [5.41, 5.74) is 8.18. The van der Waals surface area contributed by atoms with Crippen LogP contribution in [0.4, 0.5) is 0 Å². The lowest BCUT2D eigenvalue weighted by molar-refractivity contribution is 0.806. The van der Waals surface area contributed by atoms with Gasteiger partial charge in [0.1, 0.15) is 0 Å². The van der Waals surface area contributed by atoms with Gasteiger partial charge in [-0.3, -0.25) is 0 Å². The van der Waals surface area contributed by atoms with E-state index < -0.39 is 0 Å². The summed E-state index contributed by atoms with van der Waals surface area (Å²) in [6, 6.07) is 14.5. The molecule has 2 N–H and O–H groups in total. The number of benzene rings is 1. The van der Waals surface area contributed by atoms with Gasteiger partial charge >= 0.3 is 0 Å². The van der Waals surface area contributed by atoms with Crippen LogP contribution in [-0.4, -0.2) is 4.98 Å². The van der Waals surface area contributed by atoms with Crippen molar-refractivity contribution in [1.82, 2.24) is 4.98 Å². The third kappa shape index (κ3) is 3.58. The van der Waals surface area contributed by atoms with Crippen LogP contribution in [0.2, 0.25) is 0 Å². The van der Waals surface area contributed by atoms with Gasteiger partial charge in [0.15, 0.2) is 0 Å². The van der Waals surface area contributed by atoms with E-state index in [9.17, 15) is 0 Å². The number of nitrogens with two attached hydrogens (primary N) is 1. The van der Waals surface area contributed by atoms with Crippen LogP contribution < -0.4 is 5.73 Å². The van der Waals surface area contributed by atoms with Crippen molar-refractivity contribution in [2.24, 2.45) is 5.73 Å². The molecule has 0 aliphatic heterocycles.